The van der Waals surface area contributed by atoms with E-state index in [4.69, 9.17) is 5.11 Å². The predicted octanol–water partition coefficient (Wildman–Crippen LogP) is 2.43. The van der Waals surface area contributed by atoms with Crippen LogP contribution in [0.25, 0.3) is 0 Å². The Hall–Kier alpha value is -0.570. The molecule has 0 aromatic heterocycles. The smallest absolute Gasteiger partial charge is 0.333 e. The summed E-state index contributed by atoms with van der Waals surface area (Å²) in [6, 6.07) is 0. The molecule has 92 valence electrons. The fourth-order valence-electron chi connectivity index (χ4n) is 3.27. The molecule has 0 bridgehead atoms. The number of aliphatic hydroxyl groups excluding tert-OH is 1. The highest BCUT2D eigenvalue weighted by atomic mass is 16.4. The second-order valence-corrected chi connectivity index (χ2v) is 6.41. The van der Waals surface area contributed by atoms with Gasteiger partial charge in [0.05, 0.1) is 0 Å². The first-order valence-electron chi connectivity index (χ1n) is 6.28. The Bertz CT molecular complexity index is 282. The Morgan fingerprint density at radius 2 is 1.69 bits per heavy atom. The molecule has 0 amide bonds. The Balaban J connectivity index is 2.01. The summed E-state index contributed by atoms with van der Waals surface area (Å²) in [4.78, 5) is 10.9. The lowest BCUT2D eigenvalue weighted by Crippen LogP contribution is -2.38. The molecule has 2 aliphatic carbocycles. The third-order valence-electron chi connectivity index (χ3n) is 4.76. The van der Waals surface area contributed by atoms with Gasteiger partial charge in [0.1, 0.15) is 0 Å². The minimum Gasteiger partial charge on any atom is -0.479 e. The van der Waals surface area contributed by atoms with E-state index in [0.717, 1.165) is 38.5 Å². The second-order valence-electron chi connectivity index (χ2n) is 6.41. The van der Waals surface area contributed by atoms with E-state index in [9.17, 15) is 9.90 Å². The average Bonchev–Trinajstić information content (AvgIpc) is 2.97. The fraction of sp³-hybridized carbons (Fsp3) is 0.923. The van der Waals surface area contributed by atoms with E-state index in [2.05, 4.69) is 13.8 Å². The van der Waals surface area contributed by atoms with Crippen molar-refractivity contribution >= 4 is 5.97 Å². The van der Waals surface area contributed by atoms with Gasteiger partial charge in [0.25, 0.3) is 0 Å². The van der Waals surface area contributed by atoms with Crippen molar-refractivity contribution in [1.29, 1.82) is 0 Å². The Kier molecular flexibility index (Phi) is 2.77. The number of carboxylic acid groups (broad SMARTS) is 1. The van der Waals surface area contributed by atoms with Crippen molar-refractivity contribution in [2.45, 2.75) is 58.5 Å². The summed E-state index contributed by atoms with van der Waals surface area (Å²) in [7, 11) is 0. The van der Waals surface area contributed by atoms with E-state index in [-0.39, 0.29) is 5.41 Å². The van der Waals surface area contributed by atoms with Crippen molar-refractivity contribution in [2.75, 3.05) is 0 Å². The summed E-state index contributed by atoms with van der Waals surface area (Å²) in [6.07, 6.45) is 5.13. The van der Waals surface area contributed by atoms with Crippen molar-refractivity contribution < 1.29 is 15.0 Å². The molecule has 1 atom stereocenters. The molecule has 0 spiro atoms. The van der Waals surface area contributed by atoms with Gasteiger partial charge in [-0.2, -0.15) is 0 Å². The minimum absolute atomic E-state index is 0.275. The Labute approximate surface area is 96.9 Å². The van der Waals surface area contributed by atoms with Crippen molar-refractivity contribution in [3.8, 4) is 0 Å². The summed E-state index contributed by atoms with van der Waals surface area (Å²) >= 11 is 0. The van der Waals surface area contributed by atoms with Gasteiger partial charge in [0, 0.05) is 5.41 Å². The van der Waals surface area contributed by atoms with Gasteiger partial charge in [-0.25, -0.2) is 4.79 Å². The Morgan fingerprint density at radius 3 is 2.06 bits per heavy atom. The third-order valence-corrected chi connectivity index (χ3v) is 4.76. The lowest BCUT2D eigenvalue weighted by Gasteiger charge is -2.39. The van der Waals surface area contributed by atoms with Crippen LogP contribution in [-0.2, 0) is 4.79 Å². The first-order valence-corrected chi connectivity index (χ1v) is 6.28. The van der Waals surface area contributed by atoms with E-state index < -0.39 is 12.1 Å². The first-order chi connectivity index (χ1) is 7.37. The number of hydrogen-bond donors (Lipinski definition) is 2. The summed E-state index contributed by atoms with van der Waals surface area (Å²) in [5.74, 6) is -0.617. The van der Waals surface area contributed by atoms with E-state index in [0.29, 0.717) is 11.3 Å². The van der Waals surface area contributed by atoms with E-state index >= 15 is 0 Å². The van der Waals surface area contributed by atoms with Crippen LogP contribution in [0.1, 0.15) is 52.4 Å². The van der Waals surface area contributed by atoms with Crippen LogP contribution in [0, 0.1) is 16.7 Å². The van der Waals surface area contributed by atoms with Gasteiger partial charge in [-0.1, -0.05) is 13.8 Å². The lowest BCUT2D eigenvalue weighted by atomic mass is 9.67. The monoisotopic (exact) mass is 226 g/mol. The quantitative estimate of drug-likeness (QED) is 0.777. The van der Waals surface area contributed by atoms with Crippen molar-refractivity contribution in [3.05, 3.63) is 0 Å². The molecule has 0 aromatic rings. The summed E-state index contributed by atoms with van der Waals surface area (Å²) in [6.45, 7) is 4.55. The van der Waals surface area contributed by atoms with Crippen LogP contribution in [0.2, 0.25) is 0 Å². The van der Waals surface area contributed by atoms with Gasteiger partial charge < -0.3 is 10.2 Å². The summed E-state index contributed by atoms with van der Waals surface area (Å²) in [5, 5.41) is 18.7. The average molecular weight is 226 g/mol. The maximum Gasteiger partial charge on any atom is 0.333 e. The van der Waals surface area contributed by atoms with Crippen LogP contribution in [-0.4, -0.2) is 22.3 Å². The molecule has 3 nitrogen and oxygen atoms in total. The molecule has 0 heterocycles. The zero-order valence-corrected chi connectivity index (χ0v) is 10.2. The van der Waals surface area contributed by atoms with Gasteiger partial charge in [-0.3, -0.25) is 0 Å². The Morgan fingerprint density at radius 1 is 1.19 bits per heavy atom. The van der Waals surface area contributed by atoms with Crippen LogP contribution in [0.3, 0.4) is 0 Å². The number of carbonyl (C=O) groups is 1. The molecule has 3 heteroatoms. The number of aliphatic hydroxyl groups is 1. The molecule has 2 rings (SSSR count). The second kappa shape index (κ2) is 3.73. The number of carboxylic acids is 1. The van der Waals surface area contributed by atoms with Gasteiger partial charge in [-0.15, -0.1) is 0 Å². The maximum absolute atomic E-state index is 10.9. The normalized spacial score (nSPS) is 29.7. The highest BCUT2D eigenvalue weighted by Crippen LogP contribution is 2.60. The maximum atomic E-state index is 10.9. The standard InChI is InChI=1S/C13H22O3/c1-12(2)5-3-9(4-6-12)13(7-8-13)10(14)11(15)16/h9-10,14H,3-8H2,1-2H3,(H,15,16). The summed E-state index contributed by atoms with van der Waals surface area (Å²) < 4.78 is 0. The van der Waals surface area contributed by atoms with Gasteiger partial charge >= 0.3 is 5.97 Å². The molecule has 2 saturated carbocycles. The van der Waals surface area contributed by atoms with E-state index in [1.54, 1.807) is 0 Å². The molecule has 2 N–H and O–H groups in total. The lowest BCUT2D eigenvalue weighted by molar-refractivity contribution is -0.153. The molecule has 16 heavy (non-hydrogen) atoms. The highest BCUT2D eigenvalue weighted by molar-refractivity contribution is 5.73. The molecule has 2 aliphatic rings. The largest absolute Gasteiger partial charge is 0.479 e. The molecule has 1 unspecified atom stereocenters. The zero-order chi connectivity index (χ0) is 12.0. The van der Waals surface area contributed by atoms with Crippen molar-refractivity contribution in [1.82, 2.24) is 0 Å². The van der Waals surface area contributed by atoms with Gasteiger partial charge in [0.2, 0.25) is 0 Å². The van der Waals surface area contributed by atoms with Gasteiger partial charge in [-0.05, 0) is 49.9 Å². The highest BCUT2D eigenvalue weighted by Gasteiger charge is 2.57. The minimum atomic E-state index is -1.14. The number of aliphatic carboxylic acids is 1. The van der Waals surface area contributed by atoms with E-state index in [1.165, 1.54) is 0 Å². The van der Waals surface area contributed by atoms with Crippen LogP contribution < -0.4 is 0 Å². The molecule has 0 saturated heterocycles. The topological polar surface area (TPSA) is 57.5 Å². The molecule has 0 aromatic carbocycles. The van der Waals surface area contributed by atoms with Crippen molar-refractivity contribution in [3.63, 3.8) is 0 Å². The SMILES string of the molecule is CC1(C)CCC(C2(C(O)C(=O)O)CC2)CC1. The molecular formula is C13H22O3. The molecular weight excluding hydrogens is 204 g/mol. The van der Waals surface area contributed by atoms with E-state index in [1.807, 2.05) is 0 Å². The predicted molar refractivity (Wildman–Crippen MR) is 61.0 cm³/mol. The van der Waals surface area contributed by atoms with Crippen molar-refractivity contribution in [2.24, 2.45) is 16.7 Å². The molecule has 2 fully saturated rings. The fourth-order valence-corrected chi connectivity index (χ4v) is 3.27. The first kappa shape index (κ1) is 11.9. The molecule has 0 aliphatic heterocycles. The van der Waals surface area contributed by atoms with Crippen LogP contribution in [0.5, 0.6) is 0 Å². The zero-order valence-electron chi connectivity index (χ0n) is 10.2. The van der Waals surface area contributed by atoms with Gasteiger partial charge in [0.15, 0.2) is 6.10 Å². The summed E-state index contributed by atoms with van der Waals surface area (Å²) in [5.41, 5.74) is 0.128. The third kappa shape index (κ3) is 1.97. The number of rotatable bonds is 3. The number of hydrogen-bond acceptors (Lipinski definition) is 2. The van der Waals surface area contributed by atoms with Crippen LogP contribution in [0.15, 0.2) is 0 Å². The van der Waals surface area contributed by atoms with Crippen LogP contribution in [0.4, 0.5) is 0 Å². The molecule has 0 radical (unpaired) electrons. The van der Waals surface area contributed by atoms with Crippen LogP contribution >= 0.6 is 0 Å².